The highest BCUT2D eigenvalue weighted by molar-refractivity contribution is 5.79. The largest absolute Gasteiger partial charge is 0.373 e. The highest BCUT2D eigenvalue weighted by atomic mass is 16.5. The summed E-state index contributed by atoms with van der Waals surface area (Å²) >= 11 is 0. The monoisotopic (exact) mass is 308 g/mol. The number of carbonyl (C=O) groups is 1. The van der Waals surface area contributed by atoms with Gasteiger partial charge in [-0.05, 0) is 65.0 Å². The second kappa shape index (κ2) is 6.48. The number of nitrogens with zero attached hydrogens (tertiary/aromatic N) is 2. The number of hydrogen-bond donors (Lipinski definition) is 0. The molecule has 1 atom stereocenters. The zero-order valence-electron chi connectivity index (χ0n) is 14.5. The van der Waals surface area contributed by atoms with Crippen LogP contribution in [0.15, 0.2) is 0 Å². The Morgan fingerprint density at radius 2 is 1.77 bits per heavy atom. The summed E-state index contributed by atoms with van der Waals surface area (Å²) in [7, 11) is 4.27. The van der Waals surface area contributed by atoms with E-state index in [1.165, 1.54) is 12.8 Å². The molecule has 0 bridgehead atoms. The first-order chi connectivity index (χ1) is 10.5. The quantitative estimate of drug-likeness (QED) is 0.786. The first-order valence-electron chi connectivity index (χ1n) is 9.08. The summed E-state index contributed by atoms with van der Waals surface area (Å²) in [6.07, 6.45) is 7.81. The van der Waals surface area contributed by atoms with Gasteiger partial charge in [-0.3, -0.25) is 4.79 Å². The summed E-state index contributed by atoms with van der Waals surface area (Å²) in [5.41, 5.74) is 0.0484. The van der Waals surface area contributed by atoms with Gasteiger partial charge in [-0.15, -0.1) is 0 Å². The molecular weight excluding hydrogens is 276 g/mol. The Bertz CT molecular complexity index is 394. The molecule has 0 aromatic rings. The van der Waals surface area contributed by atoms with Crippen molar-refractivity contribution in [3.63, 3.8) is 0 Å². The van der Waals surface area contributed by atoms with Crippen LogP contribution in [0.4, 0.5) is 0 Å². The SMILES string of the molecule is CC1CCC(C(=O)N2CCC3(CC2)CC(N(C)C)CO3)CC1. The minimum atomic E-state index is 0.0484. The van der Waals surface area contributed by atoms with E-state index < -0.39 is 0 Å². The van der Waals surface area contributed by atoms with Crippen LogP contribution in [0.2, 0.25) is 0 Å². The zero-order valence-corrected chi connectivity index (χ0v) is 14.5. The predicted octanol–water partition coefficient (Wildman–Crippen LogP) is 2.52. The lowest BCUT2D eigenvalue weighted by Crippen LogP contribution is -2.48. The van der Waals surface area contributed by atoms with Crippen molar-refractivity contribution in [2.45, 2.75) is 63.5 Å². The molecule has 1 aliphatic carbocycles. The van der Waals surface area contributed by atoms with Crippen molar-refractivity contribution in [2.75, 3.05) is 33.8 Å². The molecule has 2 heterocycles. The molecule has 2 saturated heterocycles. The molecule has 3 rings (SSSR count). The van der Waals surface area contributed by atoms with Crippen LogP contribution in [-0.2, 0) is 9.53 Å². The van der Waals surface area contributed by atoms with Gasteiger partial charge in [0, 0.05) is 25.0 Å². The number of likely N-dealkylation sites (N-methyl/N-ethyl adjacent to an activating group) is 1. The van der Waals surface area contributed by atoms with Gasteiger partial charge in [0.05, 0.1) is 12.2 Å². The van der Waals surface area contributed by atoms with Gasteiger partial charge in [0.2, 0.25) is 5.91 Å². The van der Waals surface area contributed by atoms with Crippen molar-refractivity contribution in [1.82, 2.24) is 9.80 Å². The van der Waals surface area contributed by atoms with Crippen LogP contribution in [0.25, 0.3) is 0 Å². The second-order valence-corrected chi connectivity index (χ2v) is 8.10. The van der Waals surface area contributed by atoms with Crippen molar-refractivity contribution >= 4 is 5.91 Å². The number of piperidine rings is 1. The number of hydrogen-bond acceptors (Lipinski definition) is 3. The van der Waals surface area contributed by atoms with E-state index in [1.54, 1.807) is 0 Å². The zero-order chi connectivity index (χ0) is 15.7. The first-order valence-corrected chi connectivity index (χ1v) is 9.08. The summed E-state index contributed by atoms with van der Waals surface area (Å²) < 4.78 is 6.16. The highest BCUT2D eigenvalue weighted by Gasteiger charge is 2.44. The van der Waals surface area contributed by atoms with E-state index in [0.29, 0.717) is 17.9 Å². The van der Waals surface area contributed by atoms with Gasteiger partial charge in [0.1, 0.15) is 0 Å². The molecule has 0 aromatic carbocycles. The van der Waals surface area contributed by atoms with Crippen LogP contribution in [0.3, 0.4) is 0 Å². The lowest BCUT2D eigenvalue weighted by atomic mass is 9.81. The molecule has 1 saturated carbocycles. The molecule has 4 heteroatoms. The summed E-state index contributed by atoms with van der Waals surface area (Å²) in [6, 6.07) is 0.544. The smallest absolute Gasteiger partial charge is 0.225 e. The fraction of sp³-hybridized carbons (Fsp3) is 0.944. The van der Waals surface area contributed by atoms with Crippen LogP contribution in [0.5, 0.6) is 0 Å². The minimum Gasteiger partial charge on any atom is -0.373 e. The third-order valence-electron chi connectivity index (χ3n) is 6.27. The Morgan fingerprint density at radius 1 is 1.14 bits per heavy atom. The van der Waals surface area contributed by atoms with Gasteiger partial charge in [-0.1, -0.05) is 6.92 Å². The van der Waals surface area contributed by atoms with E-state index in [0.717, 1.165) is 57.7 Å². The number of likely N-dealkylation sites (tertiary alicyclic amines) is 1. The maximum absolute atomic E-state index is 12.7. The lowest BCUT2D eigenvalue weighted by Gasteiger charge is -2.40. The maximum atomic E-state index is 12.7. The number of ether oxygens (including phenoxy) is 1. The Kier molecular flexibility index (Phi) is 4.79. The van der Waals surface area contributed by atoms with Gasteiger partial charge in [0.15, 0.2) is 0 Å². The Hall–Kier alpha value is -0.610. The molecule has 1 unspecified atom stereocenters. The highest BCUT2D eigenvalue weighted by Crippen LogP contribution is 2.38. The van der Waals surface area contributed by atoms with E-state index in [9.17, 15) is 4.79 Å². The van der Waals surface area contributed by atoms with Crippen molar-refractivity contribution in [3.05, 3.63) is 0 Å². The summed E-state index contributed by atoms with van der Waals surface area (Å²) in [5, 5.41) is 0. The van der Waals surface area contributed by atoms with Crippen LogP contribution in [0.1, 0.15) is 51.9 Å². The molecule has 1 spiro atoms. The van der Waals surface area contributed by atoms with E-state index in [1.807, 2.05) is 0 Å². The molecule has 0 radical (unpaired) electrons. The van der Waals surface area contributed by atoms with Crippen molar-refractivity contribution < 1.29 is 9.53 Å². The van der Waals surface area contributed by atoms with E-state index in [-0.39, 0.29) is 5.60 Å². The molecule has 3 aliphatic rings. The first kappa shape index (κ1) is 16.3. The fourth-order valence-corrected chi connectivity index (χ4v) is 4.40. The van der Waals surface area contributed by atoms with Gasteiger partial charge in [-0.2, -0.15) is 0 Å². The summed E-state index contributed by atoms with van der Waals surface area (Å²) in [5.74, 6) is 1.52. The summed E-state index contributed by atoms with van der Waals surface area (Å²) in [6.45, 7) is 4.95. The van der Waals surface area contributed by atoms with Gasteiger partial charge in [0.25, 0.3) is 0 Å². The van der Waals surface area contributed by atoms with Crippen molar-refractivity contribution in [3.8, 4) is 0 Å². The standard InChI is InChI=1S/C18H32N2O2/c1-14-4-6-15(7-5-14)17(21)20-10-8-18(9-11-20)12-16(13-22-18)19(2)3/h14-16H,4-13H2,1-3H3. The summed E-state index contributed by atoms with van der Waals surface area (Å²) in [4.78, 5) is 17.1. The molecule has 3 fully saturated rings. The number of amides is 1. The average Bonchev–Trinajstić information content (AvgIpc) is 2.92. The van der Waals surface area contributed by atoms with Crippen LogP contribution >= 0.6 is 0 Å². The van der Waals surface area contributed by atoms with Gasteiger partial charge in [-0.25, -0.2) is 0 Å². The molecule has 2 aliphatic heterocycles. The normalized spacial score (nSPS) is 35.3. The van der Waals surface area contributed by atoms with Gasteiger partial charge < -0.3 is 14.5 Å². The van der Waals surface area contributed by atoms with Gasteiger partial charge >= 0.3 is 0 Å². The number of carbonyl (C=O) groups excluding carboxylic acids is 1. The Balaban J connectivity index is 1.50. The predicted molar refractivity (Wildman–Crippen MR) is 87.7 cm³/mol. The Labute approximate surface area is 135 Å². The van der Waals surface area contributed by atoms with Crippen LogP contribution in [-0.4, -0.2) is 61.1 Å². The lowest BCUT2D eigenvalue weighted by molar-refractivity contribution is -0.141. The molecular formula is C18H32N2O2. The minimum absolute atomic E-state index is 0.0484. The molecule has 1 amide bonds. The maximum Gasteiger partial charge on any atom is 0.225 e. The van der Waals surface area contributed by atoms with Crippen molar-refractivity contribution in [2.24, 2.45) is 11.8 Å². The topological polar surface area (TPSA) is 32.8 Å². The average molecular weight is 308 g/mol. The van der Waals surface area contributed by atoms with Crippen LogP contribution in [0, 0.1) is 11.8 Å². The molecule has 126 valence electrons. The molecule has 0 aromatic heterocycles. The molecule has 4 nitrogen and oxygen atoms in total. The van der Waals surface area contributed by atoms with E-state index in [4.69, 9.17) is 4.74 Å². The van der Waals surface area contributed by atoms with E-state index in [2.05, 4.69) is 30.8 Å². The fourth-order valence-electron chi connectivity index (χ4n) is 4.40. The van der Waals surface area contributed by atoms with Crippen molar-refractivity contribution in [1.29, 1.82) is 0 Å². The van der Waals surface area contributed by atoms with Crippen LogP contribution < -0.4 is 0 Å². The molecule has 22 heavy (non-hydrogen) atoms. The third kappa shape index (κ3) is 3.33. The third-order valence-corrected chi connectivity index (χ3v) is 6.27. The molecule has 0 N–H and O–H groups in total. The number of rotatable bonds is 2. The second-order valence-electron chi connectivity index (χ2n) is 8.10. The Morgan fingerprint density at radius 3 is 2.32 bits per heavy atom. The van der Waals surface area contributed by atoms with E-state index >= 15 is 0 Å².